The fourth-order valence-corrected chi connectivity index (χ4v) is 1.26. The van der Waals surface area contributed by atoms with Gasteiger partial charge in [0.25, 0.3) is 0 Å². The van der Waals surface area contributed by atoms with Crippen molar-refractivity contribution in [2.75, 3.05) is 19.6 Å². The van der Waals surface area contributed by atoms with Gasteiger partial charge < -0.3 is 10.6 Å². The first-order chi connectivity index (χ1) is 6.86. The monoisotopic (exact) mass is 195 g/mol. The van der Waals surface area contributed by atoms with Crippen LogP contribution in [0.25, 0.3) is 0 Å². The summed E-state index contributed by atoms with van der Waals surface area (Å²) in [6.07, 6.45) is 3.40. The molecular weight excluding hydrogens is 182 g/mol. The molecule has 0 radical (unpaired) electrons. The zero-order chi connectivity index (χ0) is 9.80. The molecule has 14 heavy (non-hydrogen) atoms. The van der Waals surface area contributed by atoms with Crippen molar-refractivity contribution < 1.29 is 4.79 Å². The molecule has 0 aliphatic carbocycles. The second-order valence-corrected chi connectivity index (χ2v) is 3.31. The number of aromatic nitrogens is 3. The van der Waals surface area contributed by atoms with Crippen LogP contribution in [0.15, 0.2) is 12.4 Å². The maximum atomic E-state index is 11.4. The minimum absolute atomic E-state index is 0.129. The molecule has 0 bridgehead atoms. The van der Waals surface area contributed by atoms with Crippen LogP contribution in [0.2, 0.25) is 0 Å². The van der Waals surface area contributed by atoms with Gasteiger partial charge in [0.05, 0.1) is 18.7 Å². The number of carbonyl (C=O) groups is 1. The van der Waals surface area contributed by atoms with E-state index in [1.807, 2.05) is 0 Å². The first kappa shape index (κ1) is 9.14. The van der Waals surface area contributed by atoms with Crippen molar-refractivity contribution in [3.63, 3.8) is 0 Å². The van der Waals surface area contributed by atoms with E-state index in [0.717, 1.165) is 13.1 Å². The van der Waals surface area contributed by atoms with E-state index in [1.54, 1.807) is 17.1 Å². The molecule has 0 spiro atoms. The molecule has 0 saturated carbocycles. The van der Waals surface area contributed by atoms with Gasteiger partial charge in [-0.25, -0.2) is 0 Å². The highest BCUT2D eigenvalue weighted by molar-refractivity contribution is 5.79. The van der Waals surface area contributed by atoms with E-state index < -0.39 is 0 Å². The smallest absolute Gasteiger partial charge is 0.225 e. The molecule has 6 nitrogen and oxygen atoms in total. The predicted octanol–water partition coefficient (Wildman–Crippen LogP) is -1.39. The highest BCUT2D eigenvalue weighted by atomic mass is 16.2. The van der Waals surface area contributed by atoms with Gasteiger partial charge in [-0.1, -0.05) is 5.21 Å². The van der Waals surface area contributed by atoms with Crippen LogP contribution in [0.1, 0.15) is 0 Å². The van der Waals surface area contributed by atoms with Gasteiger partial charge in [-0.05, 0) is 0 Å². The highest BCUT2D eigenvalue weighted by Gasteiger charge is 2.23. The van der Waals surface area contributed by atoms with E-state index >= 15 is 0 Å². The number of nitrogens with zero attached hydrogens (tertiary/aromatic N) is 3. The Morgan fingerprint density at radius 3 is 3.07 bits per heavy atom. The predicted molar refractivity (Wildman–Crippen MR) is 49.4 cm³/mol. The maximum Gasteiger partial charge on any atom is 0.225 e. The molecule has 0 unspecified atom stereocenters. The third-order valence-corrected chi connectivity index (χ3v) is 2.26. The molecule has 76 valence electrons. The van der Waals surface area contributed by atoms with Crippen LogP contribution >= 0.6 is 0 Å². The van der Waals surface area contributed by atoms with Crippen LogP contribution in [-0.2, 0) is 11.3 Å². The number of hydrogen-bond donors (Lipinski definition) is 2. The van der Waals surface area contributed by atoms with E-state index in [1.165, 1.54) is 0 Å². The van der Waals surface area contributed by atoms with Gasteiger partial charge in [0.2, 0.25) is 5.91 Å². The summed E-state index contributed by atoms with van der Waals surface area (Å²) in [6, 6.07) is 0. The average molecular weight is 195 g/mol. The van der Waals surface area contributed by atoms with E-state index in [9.17, 15) is 4.79 Å². The largest absolute Gasteiger partial charge is 0.354 e. The van der Waals surface area contributed by atoms with Gasteiger partial charge in [-0.3, -0.25) is 9.48 Å². The number of nitrogens with one attached hydrogen (secondary N) is 2. The molecule has 2 N–H and O–H groups in total. The summed E-state index contributed by atoms with van der Waals surface area (Å²) in [6.45, 7) is 2.88. The van der Waals surface area contributed by atoms with E-state index in [4.69, 9.17) is 0 Å². The van der Waals surface area contributed by atoms with Gasteiger partial charge in [0.15, 0.2) is 0 Å². The highest BCUT2D eigenvalue weighted by Crippen LogP contribution is 2.01. The van der Waals surface area contributed by atoms with Crippen molar-refractivity contribution in [3.8, 4) is 0 Å². The molecule has 1 aliphatic heterocycles. The lowest BCUT2D eigenvalue weighted by Crippen LogP contribution is -2.51. The van der Waals surface area contributed by atoms with Crippen molar-refractivity contribution >= 4 is 5.91 Å². The lowest BCUT2D eigenvalue weighted by Gasteiger charge is -2.25. The third-order valence-electron chi connectivity index (χ3n) is 2.26. The van der Waals surface area contributed by atoms with Crippen molar-refractivity contribution in [1.82, 2.24) is 25.6 Å². The lowest BCUT2D eigenvalue weighted by atomic mass is 10.0. The van der Waals surface area contributed by atoms with Gasteiger partial charge in [0.1, 0.15) is 0 Å². The van der Waals surface area contributed by atoms with Crippen molar-refractivity contribution in [2.24, 2.45) is 5.92 Å². The summed E-state index contributed by atoms with van der Waals surface area (Å²) in [4.78, 5) is 11.4. The number of carbonyl (C=O) groups excluding carboxylic acids is 1. The molecule has 1 amide bonds. The first-order valence-electron chi connectivity index (χ1n) is 4.69. The molecule has 1 aromatic rings. The van der Waals surface area contributed by atoms with Gasteiger partial charge >= 0.3 is 0 Å². The summed E-state index contributed by atoms with van der Waals surface area (Å²) >= 11 is 0. The van der Waals surface area contributed by atoms with Crippen LogP contribution in [-0.4, -0.2) is 40.5 Å². The summed E-state index contributed by atoms with van der Waals surface area (Å²) in [5.74, 6) is 0.287. The Kier molecular flexibility index (Phi) is 2.73. The van der Waals surface area contributed by atoms with Crippen LogP contribution in [0, 0.1) is 5.92 Å². The van der Waals surface area contributed by atoms with Gasteiger partial charge in [-0.2, -0.15) is 0 Å². The van der Waals surface area contributed by atoms with E-state index in [2.05, 4.69) is 20.9 Å². The fourth-order valence-electron chi connectivity index (χ4n) is 1.26. The molecule has 1 aliphatic rings. The summed E-state index contributed by atoms with van der Waals surface area (Å²) in [5, 5.41) is 13.4. The quantitative estimate of drug-likeness (QED) is 0.620. The molecule has 0 atom stereocenters. The normalized spacial score (nSPS) is 16.3. The Labute approximate surface area is 81.7 Å². The summed E-state index contributed by atoms with van der Waals surface area (Å²) in [5.41, 5.74) is 0. The lowest BCUT2D eigenvalue weighted by molar-refractivity contribution is -0.126. The third kappa shape index (κ3) is 2.08. The van der Waals surface area contributed by atoms with Crippen LogP contribution in [0.3, 0.4) is 0 Å². The Morgan fingerprint density at radius 1 is 1.64 bits per heavy atom. The molecule has 1 fully saturated rings. The van der Waals surface area contributed by atoms with Crippen LogP contribution < -0.4 is 10.6 Å². The van der Waals surface area contributed by atoms with Crippen molar-refractivity contribution in [1.29, 1.82) is 0 Å². The Balaban J connectivity index is 1.65. The number of rotatable bonds is 4. The molecule has 1 saturated heterocycles. The summed E-state index contributed by atoms with van der Waals surface area (Å²) < 4.78 is 1.69. The zero-order valence-electron chi connectivity index (χ0n) is 7.81. The Bertz CT molecular complexity index is 293. The standard InChI is InChI=1S/C8H13N5O/c14-8(7-5-9-6-7)10-1-3-13-4-2-11-12-13/h2,4,7,9H,1,3,5-6H2,(H,10,14). The van der Waals surface area contributed by atoms with Crippen LogP contribution in [0.4, 0.5) is 0 Å². The van der Waals surface area contributed by atoms with Crippen molar-refractivity contribution in [3.05, 3.63) is 12.4 Å². The Hall–Kier alpha value is -1.43. The van der Waals surface area contributed by atoms with Crippen molar-refractivity contribution in [2.45, 2.75) is 6.54 Å². The second-order valence-electron chi connectivity index (χ2n) is 3.31. The average Bonchev–Trinajstić information content (AvgIpc) is 2.53. The minimum Gasteiger partial charge on any atom is -0.354 e. The molecule has 2 rings (SSSR count). The molecule has 0 aromatic carbocycles. The van der Waals surface area contributed by atoms with Gasteiger partial charge in [0, 0.05) is 25.8 Å². The molecular formula is C8H13N5O. The molecule has 2 heterocycles. The van der Waals surface area contributed by atoms with Crippen LogP contribution in [0.5, 0.6) is 0 Å². The van der Waals surface area contributed by atoms with Gasteiger partial charge in [-0.15, -0.1) is 5.10 Å². The Morgan fingerprint density at radius 2 is 2.50 bits per heavy atom. The second kappa shape index (κ2) is 4.19. The number of hydrogen-bond acceptors (Lipinski definition) is 4. The zero-order valence-corrected chi connectivity index (χ0v) is 7.81. The van der Waals surface area contributed by atoms with E-state index in [-0.39, 0.29) is 11.8 Å². The molecule has 6 heteroatoms. The summed E-state index contributed by atoms with van der Waals surface area (Å²) in [7, 11) is 0. The minimum atomic E-state index is 0.129. The van der Waals surface area contributed by atoms with E-state index in [0.29, 0.717) is 13.1 Å². The first-order valence-corrected chi connectivity index (χ1v) is 4.69. The fraction of sp³-hybridized carbons (Fsp3) is 0.625. The topological polar surface area (TPSA) is 71.8 Å². The maximum absolute atomic E-state index is 11.4. The number of amides is 1. The SMILES string of the molecule is O=C(NCCn1ccnn1)C1CNC1. The molecule has 1 aromatic heterocycles.